The molecule has 4 rings (SSSR count). The van der Waals surface area contributed by atoms with Crippen LogP contribution in [0.5, 0.6) is 0 Å². The molecule has 1 heterocycles. The number of benzene rings is 3. The molecule has 1 saturated heterocycles. The van der Waals surface area contributed by atoms with Crippen LogP contribution in [0, 0.1) is 0 Å². The first-order valence-electron chi connectivity index (χ1n) is 16.1. The lowest BCUT2D eigenvalue weighted by atomic mass is 9.98. The molecular formula is C37H48N2O7. The van der Waals surface area contributed by atoms with Crippen LogP contribution in [0.3, 0.4) is 0 Å². The number of aliphatic hydroxyl groups is 1. The van der Waals surface area contributed by atoms with Gasteiger partial charge in [-0.1, -0.05) is 97.9 Å². The minimum absolute atomic E-state index is 0.161. The molecule has 0 aliphatic carbocycles. The van der Waals surface area contributed by atoms with Gasteiger partial charge in [0.05, 0.1) is 25.9 Å². The van der Waals surface area contributed by atoms with E-state index in [1.807, 2.05) is 119 Å². The SMILES string of the molecule is CC[C@@H](O)[C@@H](OCc1ccccc1)[C@H](OCc1ccccc1)[C@@H](OCc1ccccc1)C(=O)N1CCN(C(=O)OC(C)(C)C)CC1. The van der Waals surface area contributed by atoms with Gasteiger partial charge in [-0.3, -0.25) is 4.79 Å². The summed E-state index contributed by atoms with van der Waals surface area (Å²) in [5, 5.41) is 11.3. The smallest absolute Gasteiger partial charge is 0.410 e. The maximum Gasteiger partial charge on any atom is 0.410 e. The lowest BCUT2D eigenvalue weighted by molar-refractivity contribution is -0.191. The normalized spacial score (nSPS) is 16.4. The zero-order valence-corrected chi connectivity index (χ0v) is 27.4. The van der Waals surface area contributed by atoms with Crippen LogP contribution in [-0.4, -0.2) is 83.1 Å². The summed E-state index contributed by atoms with van der Waals surface area (Å²) in [5.41, 5.74) is 2.14. The predicted molar refractivity (Wildman–Crippen MR) is 176 cm³/mol. The van der Waals surface area contributed by atoms with E-state index in [0.717, 1.165) is 16.7 Å². The summed E-state index contributed by atoms with van der Waals surface area (Å²) in [6.07, 6.45) is -3.86. The van der Waals surface area contributed by atoms with Crippen molar-refractivity contribution in [3.05, 3.63) is 108 Å². The molecule has 46 heavy (non-hydrogen) atoms. The zero-order valence-electron chi connectivity index (χ0n) is 27.4. The van der Waals surface area contributed by atoms with Crippen molar-refractivity contribution in [3.8, 4) is 0 Å². The second-order valence-electron chi connectivity index (χ2n) is 12.5. The molecule has 248 valence electrons. The standard InChI is InChI=1S/C37H48N2O7/c1-5-31(40)32(43-25-28-15-9-6-10-16-28)33(44-26-29-17-11-7-12-18-29)34(45-27-30-19-13-8-14-20-30)35(41)38-21-23-39(24-22-38)36(42)46-37(2,3)4/h6-20,31-34,40H,5,21-27H2,1-4H3/t31-,32-,33+,34-/m1/s1. The van der Waals surface area contributed by atoms with Gasteiger partial charge in [-0.2, -0.15) is 0 Å². The number of ether oxygens (including phenoxy) is 4. The molecule has 0 radical (unpaired) electrons. The topological polar surface area (TPSA) is 97.8 Å². The van der Waals surface area contributed by atoms with Gasteiger partial charge in [0.1, 0.15) is 17.8 Å². The molecule has 9 heteroatoms. The largest absolute Gasteiger partial charge is 0.444 e. The van der Waals surface area contributed by atoms with Gasteiger partial charge >= 0.3 is 6.09 Å². The average molecular weight is 633 g/mol. The third-order valence-corrected chi connectivity index (χ3v) is 7.75. The van der Waals surface area contributed by atoms with Gasteiger partial charge in [-0.15, -0.1) is 0 Å². The quantitative estimate of drug-likeness (QED) is 0.247. The molecule has 1 fully saturated rings. The van der Waals surface area contributed by atoms with E-state index in [0.29, 0.717) is 32.6 Å². The highest BCUT2D eigenvalue weighted by molar-refractivity contribution is 5.82. The van der Waals surface area contributed by atoms with Crippen LogP contribution in [0.1, 0.15) is 50.8 Å². The number of carbonyl (C=O) groups is 2. The second-order valence-corrected chi connectivity index (χ2v) is 12.5. The first-order valence-corrected chi connectivity index (χ1v) is 16.1. The molecule has 2 amide bonds. The second kappa shape index (κ2) is 17.2. The van der Waals surface area contributed by atoms with Crippen molar-refractivity contribution in [1.29, 1.82) is 0 Å². The third kappa shape index (κ3) is 10.7. The van der Waals surface area contributed by atoms with Crippen LogP contribution in [0.2, 0.25) is 0 Å². The molecular weight excluding hydrogens is 584 g/mol. The van der Waals surface area contributed by atoms with Crippen molar-refractivity contribution in [2.75, 3.05) is 26.2 Å². The van der Waals surface area contributed by atoms with E-state index in [4.69, 9.17) is 18.9 Å². The number of hydrogen-bond acceptors (Lipinski definition) is 7. The van der Waals surface area contributed by atoms with Crippen LogP contribution in [0.15, 0.2) is 91.0 Å². The van der Waals surface area contributed by atoms with E-state index in [2.05, 4.69) is 0 Å². The Labute approximate surface area is 273 Å². The molecule has 1 aliphatic heterocycles. The zero-order chi connectivity index (χ0) is 32.9. The number of rotatable bonds is 14. The van der Waals surface area contributed by atoms with Crippen LogP contribution in [0.25, 0.3) is 0 Å². The van der Waals surface area contributed by atoms with Gasteiger partial charge in [-0.05, 0) is 43.9 Å². The molecule has 9 nitrogen and oxygen atoms in total. The predicted octanol–water partition coefficient (Wildman–Crippen LogP) is 5.59. The highest BCUT2D eigenvalue weighted by Crippen LogP contribution is 2.24. The van der Waals surface area contributed by atoms with Crippen LogP contribution in [0.4, 0.5) is 4.79 Å². The number of amides is 2. The molecule has 1 aliphatic rings. The van der Waals surface area contributed by atoms with Gasteiger partial charge in [0.15, 0.2) is 6.10 Å². The van der Waals surface area contributed by atoms with Crippen LogP contribution >= 0.6 is 0 Å². The van der Waals surface area contributed by atoms with Gasteiger partial charge in [0, 0.05) is 26.2 Å². The Bertz CT molecular complexity index is 1330. The Morgan fingerprint density at radius 3 is 1.52 bits per heavy atom. The summed E-state index contributed by atoms with van der Waals surface area (Å²) in [6, 6.07) is 29.0. The Morgan fingerprint density at radius 1 is 0.674 bits per heavy atom. The minimum Gasteiger partial charge on any atom is -0.444 e. The molecule has 0 bridgehead atoms. The number of piperazine rings is 1. The lowest BCUT2D eigenvalue weighted by Gasteiger charge is -2.40. The fourth-order valence-electron chi connectivity index (χ4n) is 5.23. The summed E-state index contributed by atoms with van der Waals surface area (Å²) in [5.74, 6) is -0.283. The Hall–Kier alpha value is -3.76. The summed E-state index contributed by atoms with van der Waals surface area (Å²) in [7, 11) is 0. The number of hydrogen-bond donors (Lipinski definition) is 1. The number of aliphatic hydroxyl groups excluding tert-OH is 1. The molecule has 1 N–H and O–H groups in total. The maximum atomic E-state index is 14.4. The minimum atomic E-state index is -1.10. The third-order valence-electron chi connectivity index (χ3n) is 7.75. The van der Waals surface area contributed by atoms with Crippen LogP contribution < -0.4 is 0 Å². The van der Waals surface area contributed by atoms with E-state index in [9.17, 15) is 14.7 Å². The summed E-state index contributed by atoms with van der Waals surface area (Å²) < 4.78 is 24.9. The van der Waals surface area contributed by atoms with Gasteiger partial charge < -0.3 is 33.9 Å². The maximum absolute atomic E-state index is 14.4. The Morgan fingerprint density at radius 2 is 1.09 bits per heavy atom. The van der Waals surface area contributed by atoms with Gasteiger partial charge in [0.25, 0.3) is 5.91 Å². The molecule has 3 aromatic rings. The molecule has 4 atom stereocenters. The fourth-order valence-corrected chi connectivity index (χ4v) is 5.23. The molecule has 0 spiro atoms. The Kier molecular flexibility index (Phi) is 13.2. The van der Waals surface area contributed by atoms with E-state index in [1.54, 1.807) is 9.80 Å². The van der Waals surface area contributed by atoms with Crippen molar-refractivity contribution >= 4 is 12.0 Å². The molecule has 0 unspecified atom stereocenters. The lowest BCUT2D eigenvalue weighted by Crippen LogP contribution is -2.58. The number of nitrogens with zero attached hydrogens (tertiary/aromatic N) is 2. The van der Waals surface area contributed by atoms with Gasteiger partial charge in [0.2, 0.25) is 0 Å². The molecule has 3 aromatic carbocycles. The van der Waals surface area contributed by atoms with E-state index >= 15 is 0 Å². The Balaban J connectivity index is 1.62. The summed E-state index contributed by atoms with van der Waals surface area (Å²) in [6.45, 7) is 9.20. The molecule has 0 aromatic heterocycles. The average Bonchev–Trinajstić information content (AvgIpc) is 3.07. The fraction of sp³-hybridized carbons (Fsp3) is 0.459. The highest BCUT2D eigenvalue weighted by atomic mass is 16.6. The van der Waals surface area contributed by atoms with E-state index in [1.165, 1.54) is 0 Å². The number of carbonyl (C=O) groups excluding carboxylic acids is 2. The monoisotopic (exact) mass is 632 g/mol. The van der Waals surface area contributed by atoms with Crippen molar-refractivity contribution < 1.29 is 33.6 Å². The van der Waals surface area contributed by atoms with E-state index < -0.39 is 36.1 Å². The van der Waals surface area contributed by atoms with Crippen molar-refractivity contribution in [1.82, 2.24) is 9.80 Å². The first-order chi connectivity index (χ1) is 22.1. The highest BCUT2D eigenvalue weighted by Gasteiger charge is 2.43. The van der Waals surface area contributed by atoms with E-state index in [-0.39, 0.29) is 25.7 Å². The van der Waals surface area contributed by atoms with Crippen molar-refractivity contribution in [2.24, 2.45) is 0 Å². The van der Waals surface area contributed by atoms with Crippen molar-refractivity contribution in [3.63, 3.8) is 0 Å². The summed E-state index contributed by atoms with van der Waals surface area (Å²) in [4.78, 5) is 30.4. The van der Waals surface area contributed by atoms with Crippen molar-refractivity contribution in [2.45, 2.75) is 84.0 Å². The molecule has 0 saturated carbocycles. The summed E-state index contributed by atoms with van der Waals surface area (Å²) >= 11 is 0. The first kappa shape index (κ1) is 35.1. The van der Waals surface area contributed by atoms with Crippen LogP contribution in [-0.2, 0) is 43.6 Å². The van der Waals surface area contributed by atoms with Gasteiger partial charge in [-0.25, -0.2) is 4.79 Å².